The third kappa shape index (κ3) is 7.99. The molecule has 17 heteroatoms. The Labute approximate surface area is 302 Å². The predicted molar refractivity (Wildman–Crippen MR) is 202 cm³/mol. The Morgan fingerprint density at radius 2 is 1.62 bits per heavy atom. The number of carbonyl (C=O) groups is 3. The minimum Gasteiger partial charge on any atom is -0.491 e. The second-order valence-electron chi connectivity index (χ2n) is 14.0. The largest absolute Gasteiger partial charge is 0.491 e. The SMILES string of the molecule is CCn1nc(C)cc1C(=O)Nc1nc2cc(C(N)=O)cnc2n1C/C=C/Cn1c(N)nc2cc(C(N)=O)cc(OCCCO[Si](C)(C)C(C)(C)C)c21. The molecular weight excluding hydrogens is 683 g/mol. The first-order valence-corrected chi connectivity index (χ1v) is 19.9. The number of aryl methyl sites for hydroxylation is 2. The summed E-state index contributed by atoms with van der Waals surface area (Å²) in [5, 5.41) is 7.33. The number of carbonyl (C=O) groups excluding carboxylic acids is 3. The quantitative estimate of drug-likeness (QED) is 0.0675. The van der Waals surface area contributed by atoms with E-state index in [0.717, 1.165) is 0 Å². The summed E-state index contributed by atoms with van der Waals surface area (Å²) in [7, 11) is -1.91. The number of nitrogens with one attached hydrogen (secondary N) is 1. The van der Waals surface area contributed by atoms with Crippen LogP contribution in [0.4, 0.5) is 11.9 Å². The third-order valence-electron chi connectivity index (χ3n) is 9.21. The van der Waals surface area contributed by atoms with Crippen molar-refractivity contribution in [3.8, 4) is 5.75 Å². The van der Waals surface area contributed by atoms with Crippen molar-refractivity contribution in [2.24, 2.45) is 11.5 Å². The number of anilines is 2. The average Bonchev–Trinajstić information content (AvgIpc) is 3.73. The fraction of sp³-hybridized carbons (Fsp3) is 0.400. The highest BCUT2D eigenvalue weighted by Crippen LogP contribution is 2.36. The number of benzene rings is 1. The molecule has 4 heterocycles. The van der Waals surface area contributed by atoms with Crippen LogP contribution in [0.1, 0.15) is 71.0 Å². The van der Waals surface area contributed by atoms with Gasteiger partial charge in [0.2, 0.25) is 23.7 Å². The molecule has 5 rings (SSSR count). The molecule has 0 saturated heterocycles. The van der Waals surface area contributed by atoms with Crippen LogP contribution in [0.5, 0.6) is 5.75 Å². The fourth-order valence-corrected chi connectivity index (χ4v) is 6.47. The Bertz CT molecular complexity index is 2170. The second-order valence-corrected chi connectivity index (χ2v) is 18.8. The number of hydrogen-bond acceptors (Lipinski definition) is 10. The summed E-state index contributed by atoms with van der Waals surface area (Å²) in [6, 6.07) is 6.42. The van der Waals surface area contributed by atoms with Crippen molar-refractivity contribution in [2.75, 3.05) is 24.3 Å². The van der Waals surface area contributed by atoms with E-state index in [1.807, 2.05) is 26.0 Å². The zero-order valence-electron chi connectivity index (χ0n) is 30.7. The van der Waals surface area contributed by atoms with Gasteiger partial charge in [-0.25, -0.2) is 15.0 Å². The van der Waals surface area contributed by atoms with Crippen LogP contribution in [0.15, 0.2) is 42.6 Å². The van der Waals surface area contributed by atoms with E-state index in [-0.39, 0.29) is 34.6 Å². The van der Waals surface area contributed by atoms with Gasteiger partial charge in [-0.3, -0.25) is 28.9 Å². The monoisotopic (exact) mass is 729 g/mol. The summed E-state index contributed by atoms with van der Waals surface area (Å²) in [5.41, 5.74) is 20.9. The molecule has 0 unspecified atom stereocenters. The van der Waals surface area contributed by atoms with Crippen molar-refractivity contribution in [3.63, 3.8) is 0 Å². The summed E-state index contributed by atoms with van der Waals surface area (Å²) in [6.07, 6.45) is 5.75. The molecule has 52 heavy (non-hydrogen) atoms. The lowest BCUT2D eigenvalue weighted by Crippen LogP contribution is -2.41. The van der Waals surface area contributed by atoms with Gasteiger partial charge in [0.05, 0.1) is 23.4 Å². The maximum Gasteiger partial charge on any atom is 0.276 e. The molecular formula is C35H47N11O5Si. The number of aromatic nitrogens is 7. The number of imidazole rings is 2. The molecule has 1 aromatic carbocycles. The number of pyridine rings is 1. The number of nitrogen functional groups attached to an aromatic ring is 1. The average molecular weight is 730 g/mol. The highest BCUT2D eigenvalue weighted by Gasteiger charge is 2.36. The van der Waals surface area contributed by atoms with Crippen LogP contribution in [-0.2, 0) is 24.1 Å². The van der Waals surface area contributed by atoms with Gasteiger partial charge >= 0.3 is 0 Å². The molecule has 3 amide bonds. The third-order valence-corrected chi connectivity index (χ3v) is 13.7. The Morgan fingerprint density at radius 1 is 0.942 bits per heavy atom. The molecule has 0 radical (unpaired) electrons. The summed E-state index contributed by atoms with van der Waals surface area (Å²) in [4.78, 5) is 50.8. The van der Waals surface area contributed by atoms with E-state index < -0.39 is 26.0 Å². The van der Waals surface area contributed by atoms with Crippen LogP contribution < -0.4 is 27.3 Å². The standard InChI is InChI=1S/C35H47N11O5Si/c1-8-46-26(16-21(2)43-46)32(49)42-34-41-25-18-23(30(37)48)20-39-31(25)45(34)13-10-9-12-44-28-24(40-33(44)38)17-22(29(36)47)19-27(28)50-14-11-15-51-52(6,7)35(3,4)5/h9-10,16-20H,8,11-15H2,1-7H3,(H2,36,47)(H2,37,48)(H2,38,40)(H,41,42,49)/b10-9+. The van der Waals surface area contributed by atoms with Gasteiger partial charge < -0.3 is 30.9 Å². The van der Waals surface area contributed by atoms with E-state index in [4.69, 9.17) is 26.4 Å². The number of fused-ring (bicyclic) bond motifs is 2. The van der Waals surface area contributed by atoms with Gasteiger partial charge in [0.25, 0.3) is 5.91 Å². The van der Waals surface area contributed by atoms with Gasteiger partial charge in [-0.1, -0.05) is 32.9 Å². The lowest BCUT2D eigenvalue weighted by atomic mass is 10.1. The van der Waals surface area contributed by atoms with Gasteiger partial charge in [0.15, 0.2) is 14.0 Å². The van der Waals surface area contributed by atoms with E-state index in [2.05, 4.69) is 59.2 Å². The van der Waals surface area contributed by atoms with Gasteiger partial charge in [0.1, 0.15) is 22.5 Å². The lowest BCUT2D eigenvalue weighted by molar-refractivity contribution is 0.0991. The highest BCUT2D eigenvalue weighted by atomic mass is 28.4. The number of allylic oxidation sites excluding steroid dienone is 2. The van der Waals surface area contributed by atoms with Gasteiger partial charge in [-0.2, -0.15) is 5.10 Å². The number of rotatable bonds is 15. The van der Waals surface area contributed by atoms with Crippen LogP contribution >= 0.6 is 0 Å². The first kappa shape index (κ1) is 37.7. The van der Waals surface area contributed by atoms with E-state index in [1.165, 1.54) is 12.3 Å². The smallest absolute Gasteiger partial charge is 0.276 e. The molecule has 4 aromatic heterocycles. The molecule has 5 aromatic rings. The molecule has 0 aliphatic carbocycles. The minimum atomic E-state index is -1.91. The van der Waals surface area contributed by atoms with Crippen molar-refractivity contribution in [1.29, 1.82) is 0 Å². The molecule has 0 aliphatic rings. The number of primary amides is 2. The number of hydrogen-bond donors (Lipinski definition) is 4. The first-order valence-electron chi connectivity index (χ1n) is 17.0. The molecule has 7 N–H and O–H groups in total. The molecule has 0 bridgehead atoms. The molecule has 0 saturated carbocycles. The molecule has 0 atom stereocenters. The van der Waals surface area contributed by atoms with Crippen molar-refractivity contribution in [2.45, 2.75) is 78.8 Å². The van der Waals surface area contributed by atoms with Crippen LogP contribution in [0.25, 0.3) is 22.2 Å². The van der Waals surface area contributed by atoms with Crippen LogP contribution in [0, 0.1) is 6.92 Å². The molecule has 16 nitrogen and oxygen atoms in total. The Kier molecular flexibility index (Phi) is 10.9. The Balaban J connectivity index is 1.39. The molecule has 0 aliphatic heterocycles. The summed E-state index contributed by atoms with van der Waals surface area (Å²) in [6.45, 7) is 16.6. The van der Waals surface area contributed by atoms with E-state index >= 15 is 0 Å². The van der Waals surface area contributed by atoms with E-state index in [0.29, 0.717) is 72.1 Å². The first-order chi connectivity index (χ1) is 24.5. The fourth-order valence-electron chi connectivity index (χ4n) is 5.38. The van der Waals surface area contributed by atoms with Gasteiger partial charge in [0, 0.05) is 44.4 Å². The maximum atomic E-state index is 13.3. The van der Waals surface area contributed by atoms with E-state index in [9.17, 15) is 14.4 Å². The lowest BCUT2D eigenvalue weighted by Gasteiger charge is -2.36. The normalized spacial score (nSPS) is 12.3. The summed E-state index contributed by atoms with van der Waals surface area (Å²) < 4.78 is 17.6. The van der Waals surface area contributed by atoms with Crippen molar-refractivity contribution < 1.29 is 23.5 Å². The Hall–Kier alpha value is -5.55. The van der Waals surface area contributed by atoms with Crippen molar-refractivity contribution in [3.05, 3.63) is 65.1 Å². The van der Waals surface area contributed by atoms with Crippen molar-refractivity contribution in [1.82, 2.24) is 33.9 Å². The number of nitrogens with zero attached hydrogens (tertiary/aromatic N) is 7. The maximum absolute atomic E-state index is 13.3. The zero-order chi connectivity index (χ0) is 38.0. The number of ether oxygens (including phenoxy) is 1. The zero-order valence-corrected chi connectivity index (χ0v) is 31.7. The molecule has 0 spiro atoms. The number of nitrogens with two attached hydrogens (primary N) is 3. The van der Waals surface area contributed by atoms with Gasteiger partial charge in [-0.05, 0) is 56.2 Å². The highest BCUT2D eigenvalue weighted by molar-refractivity contribution is 6.74. The topological polar surface area (TPSA) is 226 Å². The second kappa shape index (κ2) is 15.0. The predicted octanol–water partition coefficient (Wildman–Crippen LogP) is 4.39. The summed E-state index contributed by atoms with van der Waals surface area (Å²) >= 11 is 0. The van der Waals surface area contributed by atoms with Gasteiger partial charge in [-0.15, -0.1) is 0 Å². The van der Waals surface area contributed by atoms with Crippen LogP contribution in [-0.4, -0.2) is 73.1 Å². The van der Waals surface area contributed by atoms with Crippen molar-refractivity contribution >= 4 is 60.1 Å². The summed E-state index contributed by atoms with van der Waals surface area (Å²) in [5.74, 6) is -0.782. The molecule has 0 fully saturated rings. The number of amides is 3. The minimum absolute atomic E-state index is 0.0946. The molecule has 276 valence electrons. The van der Waals surface area contributed by atoms with Crippen LogP contribution in [0.3, 0.4) is 0 Å². The van der Waals surface area contributed by atoms with E-state index in [1.54, 1.807) is 32.0 Å². The van der Waals surface area contributed by atoms with Crippen LogP contribution in [0.2, 0.25) is 18.1 Å². The Morgan fingerprint density at radius 3 is 2.27 bits per heavy atom.